The summed E-state index contributed by atoms with van der Waals surface area (Å²) in [4.78, 5) is 22.4. The molecule has 0 fully saturated rings. The number of carbonyl (C=O) groups excluding carboxylic acids is 1. The van der Waals surface area contributed by atoms with E-state index in [4.69, 9.17) is 15.3 Å². The van der Waals surface area contributed by atoms with Gasteiger partial charge in [-0.3, -0.25) is 4.79 Å². The van der Waals surface area contributed by atoms with Crippen LogP contribution in [0.25, 0.3) is 0 Å². The van der Waals surface area contributed by atoms with E-state index in [1.807, 2.05) is 6.92 Å². The van der Waals surface area contributed by atoms with Crippen LogP contribution in [0.1, 0.15) is 43.0 Å². The second kappa shape index (κ2) is 5.68. The molecule has 1 aromatic heterocycles. The molecule has 0 saturated heterocycles. The Kier molecular flexibility index (Phi) is 4.49. The molecule has 1 unspecified atom stereocenters. The molecule has 1 aromatic rings. The van der Waals surface area contributed by atoms with E-state index < -0.39 is 11.5 Å². The molecule has 4 N–H and O–H groups in total. The van der Waals surface area contributed by atoms with Crippen LogP contribution in [-0.2, 0) is 11.3 Å². The van der Waals surface area contributed by atoms with Gasteiger partial charge in [0.1, 0.15) is 5.76 Å². The standard InChI is InChI=1S/C12H18N2O4/c1-3-6-12(2,13)11(17)14-7-8-4-5-9(18-8)10(15)16/h4-5H,3,6-7,13H2,1-2H3,(H,14,17)(H,15,16). The van der Waals surface area contributed by atoms with Gasteiger partial charge in [-0.1, -0.05) is 13.3 Å². The number of rotatable bonds is 6. The molecule has 6 heteroatoms. The number of hydrogen-bond donors (Lipinski definition) is 3. The molecular formula is C12H18N2O4. The van der Waals surface area contributed by atoms with Gasteiger partial charge in [-0.25, -0.2) is 4.79 Å². The van der Waals surface area contributed by atoms with E-state index >= 15 is 0 Å². The number of amides is 1. The van der Waals surface area contributed by atoms with Crippen LogP contribution < -0.4 is 11.1 Å². The van der Waals surface area contributed by atoms with Crippen molar-refractivity contribution < 1.29 is 19.1 Å². The summed E-state index contributed by atoms with van der Waals surface area (Å²) >= 11 is 0. The number of carbonyl (C=O) groups is 2. The van der Waals surface area contributed by atoms with Crippen LogP contribution in [0.15, 0.2) is 16.5 Å². The van der Waals surface area contributed by atoms with Crippen molar-refractivity contribution in [3.8, 4) is 0 Å². The molecule has 1 rings (SSSR count). The van der Waals surface area contributed by atoms with E-state index in [0.717, 1.165) is 6.42 Å². The second-order valence-electron chi connectivity index (χ2n) is 4.42. The van der Waals surface area contributed by atoms with Crippen molar-refractivity contribution in [3.63, 3.8) is 0 Å². The highest BCUT2D eigenvalue weighted by atomic mass is 16.4. The molecule has 1 atom stereocenters. The van der Waals surface area contributed by atoms with Crippen molar-refractivity contribution in [3.05, 3.63) is 23.7 Å². The van der Waals surface area contributed by atoms with E-state index in [1.54, 1.807) is 6.92 Å². The zero-order valence-corrected chi connectivity index (χ0v) is 10.5. The molecule has 0 bridgehead atoms. The largest absolute Gasteiger partial charge is 0.475 e. The minimum Gasteiger partial charge on any atom is -0.475 e. The molecule has 0 radical (unpaired) electrons. The van der Waals surface area contributed by atoms with Crippen LogP contribution in [0.2, 0.25) is 0 Å². The van der Waals surface area contributed by atoms with Gasteiger partial charge in [0.25, 0.3) is 0 Å². The molecule has 1 amide bonds. The summed E-state index contributed by atoms with van der Waals surface area (Å²) in [5, 5.41) is 11.3. The minimum absolute atomic E-state index is 0.128. The average Bonchev–Trinajstić information content (AvgIpc) is 2.74. The predicted molar refractivity (Wildman–Crippen MR) is 65.0 cm³/mol. The van der Waals surface area contributed by atoms with Crippen LogP contribution in [0.5, 0.6) is 0 Å². The zero-order chi connectivity index (χ0) is 13.8. The van der Waals surface area contributed by atoms with Gasteiger partial charge in [0.05, 0.1) is 12.1 Å². The van der Waals surface area contributed by atoms with E-state index in [0.29, 0.717) is 12.2 Å². The fourth-order valence-corrected chi connectivity index (χ4v) is 1.59. The lowest BCUT2D eigenvalue weighted by molar-refractivity contribution is -0.126. The lowest BCUT2D eigenvalue weighted by Gasteiger charge is -2.22. The SMILES string of the molecule is CCCC(C)(N)C(=O)NCc1ccc(C(=O)O)o1. The molecule has 0 aliphatic heterocycles. The normalized spacial score (nSPS) is 13.9. The van der Waals surface area contributed by atoms with E-state index in [2.05, 4.69) is 5.32 Å². The molecular weight excluding hydrogens is 236 g/mol. The Labute approximate surface area is 105 Å². The first kappa shape index (κ1) is 14.2. The van der Waals surface area contributed by atoms with E-state index in [-0.39, 0.29) is 18.2 Å². The van der Waals surface area contributed by atoms with Gasteiger partial charge >= 0.3 is 5.97 Å². The third kappa shape index (κ3) is 3.59. The minimum atomic E-state index is -1.14. The quantitative estimate of drug-likeness (QED) is 0.705. The van der Waals surface area contributed by atoms with Crippen molar-refractivity contribution >= 4 is 11.9 Å². The maximum absolute atomic E-state index is 11.8. The molecule has 0 aliphatic rings. The van der Waals surface area contributed by atoms with Crippen LogP contribution in [0, 0.1) is 0 Å². The molecule has 0 spiro atoms. The average molecular weight is 254 g/mol. The smallest absolute Gasteiger partial charge is 0.371 e. The number of hydrogen-bond acceptors (Lipinski definition) is 4. The second-order valence-corrected chi connectivity index (χ2v) is 4.42. The summed E-state index contributed by atoms with van der Waals surface area (Å²) in [6.07, 6.45) is 1.39. The fraction of sp³-hybridized carbons (Fsp3) is 0.500. The molecule has 6 nitrogen and oxygen atoms in total. The summed E-state index contributed by atoms with van der Waals surface area (Å²) in [5.74, 6) is -1.18. The first-order valence-corrected chi connectivity index (χ1v) is 5.76. The Morgan fingerprint density at radius 1 is 1.50 bits per heavy atom. The summed E-state index contributed by atoms with van der Waals surface area (Å²) in [6, 6.07) is 2.86. The Bertz CT molecular complexity index is 437. The van der Waals surface area contributed by atoms with Crippen LogP contribution in [0.4, 0.5) is 0 Å². The molecule has 0 aliphatic carbocycles. The van der Waals surface area contributed by atoms with Gasteiger partial charge < -0.3 is 20.6 Å². The number of furan rings is 1. The number of aromatic carboxylic acids is 1. The maximum Gasteiger partial charge on any atom is 0.371 e. The third-order valence-electron chi connectivity index (χ3n) is 2.58. The molecule has 18 heavy (non-hydrogen) atoms. The predicted octanol–water partition coefficient (Wildman–Crippen LogP) is 1.11. The monoisotopic (exact) mass is 254 g/mol. The summed E-state index contributed by atoms with van der Waals surface area (Å²) < 4.78 is 5.01. The molecule has 100 valence electrons. The summed E-state index contributed by atoms with van der Waals surface area (Å²) in [6.45, 7) is 3.74. The number of carboxylic acids is 1. The lowest BCUT2D eigenvalue weighted by Crippen LogP contribution is -2.51. The van der Waals surface area contributed by atoms with Gasteiger partial charge in [0.15, 0.2) is 0 Å². The van der Waals surface area contributed by atoms with Crippen molar-refractivity contribution in [1.29, 1.82) is 0 Å². The van der Waals surface area contributed by atoms with Crippen LogP contribution in [-0.4, -0.2) is 22.5 Å². The van der Waals surface area contributed by atoms with E-state index in [9.17, 15) is 9.59 Å². The lowest BCUT2D eigenvalue weighted by atomic mass is 9.96. The Morgan fingerprint density at radius 2 is 2.17 bits per heavy atom. The van der Waals surface area contributed by atoms with Gasteiger partial charge in [0.2, 0.25) is 11.7 Å². The van der Waals surface area contributed by atoms with Gasteiger partial charge in [-0.15, -0.1) is 0 Å². The Hall–Kier alpha value is -1.82. The highest BCUT2D eigenvalue weighted by Crippen LogP contribution is 2.10. The van der Waals surface area contributed by atoms with Gasteiger partial charge in [-0.2, -0.15) is 0 Å². The first-order valence-electron chi connectivity index (χ1n) is 5.76. The number of nitrogens with one attached hydrogen (secondary N) is 1. The maximum atomic E-state index is 11.8. The van der Waals surface area contributed by atoms with E-state index in [1.165, 1.54) is 12.1 Å². The van der Waals surface area contributed by atoms with Gasteiger partial charge in [-0.05, 0) is 25.5 Å². The van der Waals surface area contributed by atoms with Crippen LogP contribution >= 0.6 is 0 Å². The Balaban J connectivity index is 2.54. The number of carboxylic acid groups (broad SMARTS) is 1. The van der Waals surface area contributed by atoms with Crippen molar-refractivity contribution in [2.24, 2.45) is 5.73 Å². The molecule has 0 aromatic carbocycles. The number of nitrogens with two attached hydrogens (primary N) is 1. The first-order chi connectivity index (χ1) is 8.36. The third-order valence-corrected chi connectivity index (χ3v) is 2.58. The fourth-order valence-electron chi connectivity index (χ4n) is 1.59. The summed E-state index contributed by atoms with van der Waals surface area (Å²) in [7, 11) is 0. The van der Waals surface area contributed by atoms with Crippen LogP contribution in [0.3, 0.4) is 0 Å². The zero-order valence-electron chi connectivity index (χ0n) is 10.5. The summed E-state index contributed by atoms with van der Waals surface area (Å²) in [5.41, 5.74) is 4.93. The topological polar surface area (TPSA) is 106 Å². The van der Waals surface area contributed by atoms with Crippen molar-refractivity contribution in [1.82, 2.24) is 5.32 Å². The molecule has 1 heterocycles. The van der Waals surface area contributed by atoms with Crippen molar-refractivity contribution in [2.75, 3.05) is 0 Å². The highest BCUT2D eigenvalue weighted by Gasteiger charge is 2.26. The molecule has 0 saturated carbocycles. The van der Waals surface area contributed by atoms with Gasteiger partial charge in [0, 0.05) is 0 Å². The van der Waals surface area contributed by atoms with Crippen molar-refractivity contribution in [2.45, 2.75) is 38.8 Å². The Morgan fingerprint density at radius 3 is 2.67 bits per heavy atom. The highest BCUT2D eigenvalue weighted by molar-refractivity contribution is 5.85.